The predicted octanol–water partition coefficient (Wildman–Crippen LogP) is 3.62. The van der Waals surface area contributed by atoms with Gasteiger partial charge < -0.3 is 10.5 Å². The molecule has 4 heteroatoms. The molecule has 4 nitrogen and oxygen atoms in total. The average molecular weight is 307 g/mol. The second-order valence-corrected chi connectivity index (χ2v) is 5.66. The molecule has 0 unspecified atom stereocenters. The quantitative estimate of drug-likeness (QED) is 0.801. The van der Waals surface area contributed by atoms with Gasteiger partial charge in [-0.3, -0.25) is 0 Å². The van der Waals surface area contributed by atoms with Crippen LogP contribution in [-0.2, 0) is 6.54 Å². The van der Waals surface area contributed by atoms with Gasteiger partial charge in [-0.25, -0.2) is 4.68 Å². The van der Waals surface area contributed by atoms with Crippen molar-refractivity contribution < 1.29 is 4.74 Å². The van der Waals surface area contributed by atoms with E-state index in [1.807, 2.05) is 28.9 Å². The van der Waals surface area contributed by atoms with Crippen molar-refractivity contribution in [2.45, 2.75) is 20.4 Å². The lowest BCUT2D eigenvalue weighted by Gasteiger charge is -2.12. The summed E-state index contributed by atoms with van der Waals surface area (Å²) in [5.41, 5.74) is 12.2. The molecule has 0 aliphatic heterocycles. The molecule has 2 aromatic carbocycles. The van der Waals surface area contributed by atoms with Crippen molar-refractivity contribution in [3.63, 3.8) is 0 Å². The number of benzene rings is 2. The second kappa shape index (κ2) is 6.26. The van der Waals surface area contributed by atoms with Crippen molar-refractivity contribution in [2.24, 2.45) is 5.73 Å². The van der Waals surface area contributed by atoms with Gasteiger partial charge in [0.15, 0.2) is 0 Å². The zero-order valence-corrected chi connectivity index (χ0v) is 13.7. The molecule has 0 saturated carbocycles. The molecule has 3 rings (SSSR count). The molecular formula is C19H21N3O. The van der Waals surface area contributed by atoms with Gasteiger partial charge in [0.1, 0.15) is 5.75 Å². The van der Waals surface area contributed by atoms with Crippen LogP contribution in [0, 0.1) is 13.8 Å². The average Bonchev–Trinajstić information content (AvgIpc) is 2.99. The normalized spacial score (nSPS) is 10.8. The highest BCUT2D eigenvalue weighted by molar-refractivity contribution is 5.65. The van der Waals surface area contributed by atoms with Gasteiger partial charge in [-0.15, -0.1) is 0 Å². The summed E-state index contributed by atoms with van der Waals surface area (Å²) in [4.78, 5) is 0. The minimum Gasteiger partial charge on any atom is -0.497 e. The maximum Gasteiger partial charge on any atom is 0.119 e. The number of ether oxygens (including phenoxy) is 1. The molecule has 0 radical (unpaired) electrons. The van der Waals surface area contributed by atoms with Crippen LogP contribution in [0.25, 0.3) is 16.9 Å². The van der Waals surface area contributed by atoms with Gasteiger partial charge in [-0.05, 0) is 43.7 Å². The summed E-state index contributed by atoms with van der Waals surface area (Å²) >= 11 is 0. The highest BCUT2D eigenvalue weighted by Gasteiger charge is 2.13. The van der Waals surface area contributed by atoms with Crippen LogP contribution < -0.4 is 10.5 Å². The summed E-state index contributed by atoms with van der Waals surface area (Å²) in [5, 5.41) is 4.67. The van der Waals surface area contributed by atoms with Gasteiger partial charge in [0, 0.05) is 12.1 Å². The van der Waals surface area contributed by atoms with Gasteiger partial charge in [0.05, 0.1) is 24.2 Å². The zero-order valence-electron chi connectivity index (χ0n) is 13.7. The fourth-order valence-corrected chi connectivity index (χ4v) is 2.74. The van der Waals surface area contributed by atoms with Crippen molar-refractivity contribution in [2.75, 3.05) is 7.11 Å². The van der Waals surface area contributed by atoms with E-state index in [1.165, 1.54) is 11.1 Å². The van der Waals surface area contributed by atoms with Crippen LogP contribution in [0.3, 0.4) is 0 Å². The maximum absolute atomic E-state index is 5.81. The van der Waals surface area contributed by atoms with Gasteiger partial charge in [0.2, 0.25) is 0 Å². The number of aryl methyl sites for hydroxylation is 2. The van der Waals surface area contributed by atoms with Gasteiger partial charge >= 0.3 is 0 Å². The molecule has 0 bridgehead atoms. The highest BCUT2D eigenvalue weighted by atomic mass is 16.5. The molecule has 0 saturated heterocycles. The first kappa shape index (κ1) is 15.3. The minimum atomic E-state index is 0.412. The van der Waals surface area contributed by atoms with Crippen LogP contribution in [-0.4, -0.2) is 16.9 Å². The van der Waals surface area contributed by atoms with Crippen LogP contribution in [0.5, 0.6) is 5.75 Å². The summed E-state index contributed by atoms with van der Waals surface area (Å²) < 4.78 is 7.30. The Labute approximate surface area is 136 Å². The zero-order chi connectivity index (χ0) is 16.4. The molecule has 0 spiro atoms. The number of nitrogens with zero attached hydrogens (tertiary/aromatic N) is 2. The minimum absolute atomic E-state index is 0.412. The lowest BCUT2D eigenvalue weighted by atomic mass is 10.1. The van der Waals surface area contributed by atoms with Crippen molar-refractivity contribution in [3.8, 4) is 22.7 Å². The Morgan fingerprint density at radius 3 is 2.61 bits per heavy atom. The summed E-state index contributed by atoms with van der Waals surface area (Å²) in [6.45, 7) is 4.60. The monoisotopic (exact) mass is 307 g/mol. The van der Waals surface area contributed by atoms with Gasteiger partial charge in [-0.1, -0.05) is 29.8 Å². The Morgan fingerprint density at radius 1 is 1.09 bits per heavy atom. The SMILES string of the molecule is COc1cccc(-c2cc(CN)nn2-c2ccc(C)cc2C)c1. The molecule has 118 valence electrons. The number of nitrogens with two attached hydrogens (primary N) is 1. The van der Waals surface area contributed by atoms with E-state index >= 15 is 0 Å². The first-order valence-corrected chi connectivity index (χ1v) is 7.63. The van der Waals surface area contributed by atoms with E-state index in [0.717, 1.165) is 28.4 Å². The molecule has 0 atom stereocenters. The third-order valence-corrected chi connectivity index (χ3v) is 3.92. The molecule has 1 heterocycles. The fraction of sp³-hybridized carbons (Fsp3) is 0.211. The maximum atomic E-state index is 5.81. The van der Waals surface area contributed by atoms with E-state index in [-0.39, 0.29) is 0 Å². The molecule has 0 aliphatic rings. The lowest BCUT2D eigenvalue weighted by Crippen LogP contribution is -2.04. The number of hydrogen-bond donors (Lipinski definition) is 1. The molecule has 0 amide bonds. The molecule has 2 N–H and O–H groups in total. The van der Waals surface area contributed by atoms with Crippen LogP contribution in [0.4, 0.5) is 0 Å². The molecule has 23 heavy (non-hydrogen) atoms. The van der Waals surface area contributed by atoms with Crippen molar-refractivity contribution >= 4 is 0 Å². The van der Waals surface area contributed by atoms with Gasteiger partial charge in [-0.2, -0.15) is 5.10 Å². The van der Waals surface area contributed by atoms with Crippen molar-refractivity contribution in [1.82, 2.24) is 9.78 Å². The number of aromatic nitrogens is 2. The van der Waals surface area contributed by atoms with Crippen LogP contribution in [0.2, 0.25) is 0 Å². The van der Waals surface area contributed by atoms with E-state index in [9.17, 15) is 0 Å². The largest absolute Gasteiger partial charge is 0.497 e. The Kier molecular flexibility index (Phi) is 4.17. The van der Waals surface area contributed by atoms with Crippen LogP contribution in [0.15, 0.2) is 48.5 Å². The molecule has 0 aliphatic carbocycles. The molecule has 1 aromatic heterocycles. The van der Waals surface area contributed by atoms with E-state index in [0.29, 0.717) is 6.54 Å². The second-order valence-electron chi connectivity index (χ2n) is 5.66. The smallest absolute Gasteiger partial charge is 0.119 e. The molecule has 3 aromatic rings. The summed E-state index contributed by atoms with van der Waals surface area (Å²) in [6, 6.07) is 16.4. The summed E-state index contributed by atoms with van der Waals surface area (Å²) in [5.74, 6) is 0.824. The summed E-state index contributed by atoms with van der Waals surface area (Å²) in [7, 11) is 1.67. The topological polar surface area (TPSA) is 53.1 Å². The van der Waals surface area contributed by atoms with Crippen molar-refractivity contribution in [3.05, 3.63) is 65.4 Å². The van der Waals surface area contributed by atoms with Crippen LogP contribution in [0.1, 0.15) is 16.8 Å². The van der Waals surface area contributed by atoms with Gasteiger partial charge in [0.25, 0.3) is 0 Å². The first-order valence-electron chi connectivity index (χ1n) is 7.63. The Hall–Kier alpha value is -2.59. The number of rotatable bonds is 4. The van der Waals surface area contributed by atoms with E-state index in [2.05, 4.69) is 43.2 Å². The fourth-order valence-electron chi connectivity index (χ4n) is 2.74. The molecule has 0 fully saturated rings. The van der Waals surface area contributed by atoms with E-state index in [1.54, 1.807) is 7.11 Å². The van der Waals surface area contributed by atoms with E-state index in [4.69, 9.17) is 10.5 Å². The molecular weight excluding hydrogens is 286 g/mol. The van der Waals surface area contributed by atoms with Crippen molar-refractivity contribution in [1.29, 1.82) is 0 Å². The Morgan fingerprint density at radius 2 is 1.91 bits per heavy atom. The third-order valence-electron chi connectivity index (χ3n) is 3.92. The Bertz CT molecular complexity index is 836. The Balaban J connectivity index is 2.19. The number of hydrogen-bond acceptors (Lipinski definition) is 3. The standard InChI is InChI=1S/C19H21N3O/c1-13-7-8-18(14(2)9-13)22-19(11-16(12-20)21-22)15-5-4-6-17(10-15)23-3/h4-11H,12,20H2,1-3H3. The first-order chi connectivity index (χ1) is 11.1. The van der Waals surface area contributed by atoms with Crippen LogP contribution >= 0.6 is 0 Å². The summed E-state index contributed by atoms with van der Waals surface area (Å²) in [6.07, 6.45) is 0. The highest BCUT2D eigenvalue weighted by Crippen LogP contribution is 2.28. The van der Waals surface area contributed by atoms with E-state index < -0.39 is 0 Å². The predicted molar refractivity (Wildman–Crippen MR) is 92.9 cm³/mol. The lowest BCUT2D eigenvalue weighted by molar-refractivity contribution is 0.415. The number of methoxy groups -OCH3 is 1. The third kappa shape index (κ3) is 2.98.